The van der Waals surface area contributed by atoms with Gasteiger partial charge in [-0.25, -0.2) is 0 Å². The van der Waals surface area contributed by atoms with Gasteiger partial charge in [0.1, 0.15) is 11.9 Å². The number of hydrogen-bond acceptors (Lipinski definition) is 2. The zero-order valence-corrected chi connectivity index (χ0v) is 12.9. The van der Waals surface area contributed by atoms with Crippen LogP contribution in [-0.2, 0) is 0 Å². The quantitative estimate of drug-likeness (QED) is 0.864. The SMILES string of the molecule is Cc1ccc(C(=O)N2CCCC(Oc3ccccc3)C2)cc1. The summed E-state index contributed by atoms with van der Waals surface area (Å²) in [5.74, 6) is 0.971. The first-order valence-electron chi connectivity index (χ1n) is 7.80. The highest BCUT2D eigenvalue weighted by Gasteiger charge is 2.25. The number of nitrogens with zero attached hydrogens (tertiary/aromatic N) is 1. The smallest absolute Gasteiger partial charge is 0.253 e. The van der Waals surface area contributed by atoms with E-state index >= 15 is 0 Å². The number of hydrogen-bond donors (Lipinski definition) is 0. The molecule has 2 aromatic rings. The lowest BCUT2D eigenvalue weighted by Gasteiger charge is -2.33. The van der Waals surface area contributed by atoms with Crippen LogP contribution in [0.5, 0.6) is 5.75 Å². The third kappa shape index (κ3) is 3.48. The number of rotatable bonds is 3. The largest absolute Gasteiger partial charge is 0.489 e. The second-order valence-electron chi connectivity index (χ2n) is 5.81. The molecule has 0 N–H and O–H groups in total. The summed E-state index contributed by atoms with van der Waals surface area (Å²) in [5.41, 5.74) is 1.92. The predicted octanol–water partition coefficient (Wildman–Crippen LogP) is 3.68. The van der Waals surface area contributed by atoms with Gasteiger partial charge in [-0.2, -0.15) is 0 Å². The maximum Gasteiger partial charge on any atom is 0.253 e. The zero-order valence-electron chi connectivity index (χ0n) is 12.9. The Hall–Kier alpha value is -2.29. The number of likely N-dealkylation sites (tertiary alicyclic amines) is 1. The van der Waals surface area contributed by atoms with E-state index in [4.69, 9.17) is 4.74 Å². The third-order valence-corrected chi connectivity index (χ3v) is 4.01. The summed E-state index contributed by atoms with van der Waals surface area (Å²) in [5, 5.41) is 0. The molecule has 1 unspecified atom stereocenters. The third-order valence-electron chi connectivity index (χ3n) is 4.01. The fraction of sp³-hybridized carbons (Fsp3) is 0.316. The van der Waals surface area contributed by atoms with Crippen molar-refractivity contribution in [3.8, 4) is 5.75 Å². The highest BCUT2D eigenvalue weighted by molar-refractivity contribution is 5.94. The van der Waals surface area contributed by atoms with Gasteiger partial charge in [-0.3, -0.25) is 4.79 Å². The highest BCUT2D eigenvalue weighted by atomic mass is 16.5. The van der Waals surface area contributed by atoms with Gasteiger partial charge in [0.15, 0.2) is 0 Å². The number of aryl methyl sites for hydroxylation is 1. The first kappa shape index (κ1) is 14.6. The molecular weight excluding hydrogens is 274 g/mol. The van der Waals surface area contributed by atoms with Crippen LogP contribution in [-0.4, -0.2) is 30.0 Å². The van der Waals surface area contributed by atoms with Gasteiger partial charge in [-0.1, -0.05) is 35.9 Å². The molecule has 0 saturated carbocycles. The Morgan fingerprint density at radius 2 is 1.82 bits per heavy atom. The monoisotopic (exact) mass is 295 g/mol. The molecule has 0 spiro atoms. The average molecular weight is 295 g/mol. The van der Waals surface area contributed by atoms with Crippen LogP contribution in [0.4, 0.5) is 0 Å². The van der Waals surface area contributed by atoms with Crippen LogP contribution in [0.1, 0.15) is 28.8 Å². The standard InChI is InChI=1S/C19H21NO2/c1-15-9-11-16(12-10-15)19(21)20-13-5-8-18(14-20)22-17-6-3-2-4-7-17/h2-4,6-7,9-12,18H,5,8,13-14H2,1H3. The molecule has 1 saturated heterocycles. The van der Waals surface area contributed by atoms with E-state index < -0.39 is 0 Å². The molecule has 1 heterocycles. The van der Waals surface area contributed by atoms with Gasteiger partial charge in [0.25, 0.3) is 5.91 Å². The summed E-state index contributed by atoms with van der Waals surface area (Å²) >= 11 is 0. The Morgan fingerprint density at radius 3 is 2.55 bits per heavy atom. The Morgan fingerprint density at radius 1 is 1.09 bits per heavy atom. The minimum atomic E-state index is 0.0746. The molecule has 0 radical (unpaired) electrons. The van der Waals surface area contributed by atoms with Gasteiger partial charge in [-0.05, 0) is 44.0 Å². The van der Waals surface area contributed by atoms with Gasteiger partial charge in [-0.15, -0.1) is 0 Å². The van der Waals surface area contributed by atoms with Gasteiger partial charge >= 0.3 is 0 Å². The van der Waals surface area contributed by atoms with Crippen molar-refractivity contribution < 1.29 is 9.53 Å². The number of carbonyl (C=O) groups excluding carboxylic acids is 1. The molecule has 3 nitrogen and oxygen atoms in total. The molecular formula is C19H21NO2. The van der Waals surface area contributed by atoms with Crippen molar-refractivity contribution in [1.29, 1.82) is 0 Å². The second kappa shape index (κ2) is 6.65. The van der Waals surface area contributed by atoms with Crippen LogP contribution in [0.3, 0.4) is 0 Å². The molecule has 0 aliphatic carbocycles. The van der Waals surface area contributed by atoms with Crippen molar-refractivity contribution in [3.63, 3.8) is 0 Å². The average Bonchev–Trinajstić information content (AvgIpc) is 2.56. The molecule has 1 aliphatic heterocycles. The maximum absolute atomic E-state index is 12.6. The molecule has 0 aromatic heterocycles. The van der Waals surface area contributed by atoms with E-state index in [1.807, 2.05) is 66.4 Å². The highest BCUT2D eigenvalue weighted by Crippen LogP contribution is 2.19. The summed E-state index contributed by atoms with van der Waals surface area (Å²) in [7, 11) is 0. The molecule has 1 atom stereocenters. The molecule has 1 amide bonds. The lowest BCUT2D eigenvalue weighted by atomic mass is 10.1. The summed E-state index contributed by atoms with van der Waals surface area (Å²) in [6.45, 7) is 3.49. The molecule has 2 aromatic carbocycles. The van der Waals surface area contributed by atoms with Crippen molar-refractivity contribution in [2.75, 3.05) is 13.1 Å². The van der Waals surface area contributed by atoms with Crippen LogP contribution in [0.2, 0.25) is 0 Å². The van der Waals surface area contributed by atoms with Crippen LogP contribution >= 0.6 is 0 Å². The fourth-order valence-corrected chi connectivity index (χ4v) is 2.79. The van der Waals surface area contributed by atoms with Crippen molar-refractivity contribution in [1.82, 2.24) is 4.90 Å². The van der Waals surface area contributed by atoms with Crippen molar-refractivity contribution >= 4 is 5.91 Å². The van der Waals surface area contributed by atoms with Gasteiger partial charge < -0.3 is 9.64 Å². The summed E-state index contributed by atoms with van der Waals surface area (Å²) < 4.78 is 6.00. The number of para-hydroxylation sites is 1. The van der Waals surface area contributed by atoms with Crippen LogP contribution in [0.15, 0.2) is 54.6 Å². The topological polar surface area (TPSA) is 29.5 Å². The Bertz CT molecular complexity index is 622. The first-order valence-corrected chi connectivity index (χ1v) is 7.80. The molecule has 114 valence electrons. The van der Waals surface area contributed by atoms with E-state index in [-0.39, 0.29) is 12.0 Å². The first-order chi connectivity index (χ1) is 10.7. The van der Waals surface area contributed by atoms with Gasteiger partial charge in [0.2, 0.25) is 0 Å². The molecule has 22 heavy (non-hydrogen) atoms. The van der Waals surface area contributed by atoms with Gasteiger partial charge in [0, 0.05) is 12.1 Å². The predicted molar refractivity (Wildman–Crippen MR) is 87.2 cm³/mol. The minimum Gasteiger partial charge on any atom is -0.489 e. The summed E-state index contributed by atoms with van der Waals surface area (Å²) in [6, 6.07) is 17.6. The number of piperidine rings is 1. The lowest BCUT2D eigenvalue weighted by molar-refractivity contribution is 0.0538. The van der Waals surface area contributed by atoms with E-state index in [1.54, 1.807) is 0 Å². The minimum absolute atomic E-state index is 0.0746. The molecule has 1 aliphatic rings. The normalized spacial score (nSPS) is 18.0. The molecule has 3 heteroatoms. The van der Waals surface area contributed by atoms with Crippen LogP contribution in [0, 0.1) is 6.92 Å². The second-order valence-corrected chi connectivity index (χ2v) is 5.81. The van der Waals surface area contributed by atoms with E-state index in [0.717, 1.165) is 30.7 Å². The molecule has 0 bridgehead atoms. The zero-order chi connectivity index (χ0) is 15.4. The Kier molecular flexibility index (Phi) is 4.42. The Balaban J connectivity index is 1.65. The number of amides is 1. The summed E-state index contributed by atoms with van der Waals surface area (Å²) in [4.78, 5) is 14.5. The van der Waals surface area contributed by atoms with Crippen LogP contribution in [0.25, 0.3) is 0 Å². The molecule has 3 rings (SSSR count). The fourth-order valence-electron chi connectivity index (χ4n) is 2.79. The van der Waals surface area contributed by atoms with E-state index in [1.165, 1.54) is 5.56 Å². The number of ether oxygens (including phenoxy) is 1. The van der Waals surface area contributed by atoms with Crippen molar-refractivity contribution in [2.45, 2.75) is 25.9 Å². The van der Waals surface area contributed by atoms with E-state index in [0.29, 0.717) is 6.54 Å². The maximum atomic E-state index is 12.6. The molecule has 1 fully saturated rings. The van der Waals surface area contributed by atoms with E-state index in [9.17, 15) is 4.79 Å². The lowest BCUT2D eigenvalue weighted by Crippen LogP contribution is -2.44. The summed E-state index contributed by atoms with van der Waals surface area (Å²) in [6.07, 6.45) is 2.05. The number of benzene rings is 2. The van der Waals surface area contributed by atoms with Crippen LogP contribution < -0.4 is 4.74 Å². The van der Waals surface area contributed by atoms with Crippen molar-refractivity contribution in [2.24, 2.45) is 0 Å². The number of carbonyl (C=O) groups is 1. The van der Waals surface area contributed by atoms with Gasteiger partial charge in [0.05, 0.1) is 6.54 Å². The van der Waals surface area contributed by atoms with Crippen molar-refractivity contribution in [3.05, 3.63) is 65.7 Å². The Labute approximate surface area is 131 Å². The van der Waals surface area contributed by atoms with E-state index in [2.05, 4.69) is 0 Å².